The predicted molar refractivity (Wildman–Crippen MR) is 161 cm³/mol. The first-order valence-electron chi connectivity index (χ1n) is 13.9. The number of aliphatic carboxylic acids is 1. The lowest BCUT2D eigenvalue weighted by Crippen LogP contribution is -2.51. The number of nitrogens with one attached hydrogen (secondary N) is 3. The molecule has 4 rings (SSSR count). The summed E-state index contributed by atoms with van der Waals surface area (Å²) >= 11 is 0. The first kappa shape index (κ1) is 30.7. The fourth-order valence-electron chi connectivity index (χ4n) is 4.82. The molecule has 0 aliphatic carbocycles. The standard InChI is InChI=1S/C31H36N4O6S/c1-22-11-15-24(16-12-22)32-19-5-10-29(36)33-25-17-13-23(14-18-25)21-27(31(38)39)34-30(37)28-9-6-20-35(28)42(40,41)26-7-3-2-4-8-26/h2-4,7-8,11-18,27-28,32H,5-6,9-10,19-21H2,1H3,(H,33,36)(H,34,37)(H,38,39). The molecule has 2 unspecified atom stereocenters. The van der Waals surface area contributed by atoms with E-state index >= 15 is 0 Å². The Balaban J connectivity index is 1.28. The van der Waals surface area contributed by atoms with Crippen LogP contribution in [0.25, 0.3) is 0 Å². The highest BCUT2D eigenvalue weighted by atomic mass is 32.2. The second kappa shape index (κ2) is 14.1. The molecule has 1 aliphatic heterocycles. The monoisotopic (exact) mass is 592 g/mol. The summed E-state index contributed by atoms with van der Waals surface area (Å²) in [5.41, 5.74) is 3.41. The summed E-state index contributed by atoms with van der Waals surface area (Å²) in [7, 11) is -3.90. The van der Waals surface area contributed by atoms with E-state index in [0.29, 0.717) is 43.5 Å². The molecule has 3 aromatic carbocycles. The smallest absolute Gasteiger partial charge is 0.326 e. The van der Waals surface area contributed by atoms with Crippen LogP contribution in [0, 0.1) is 6.92 Å². The van der Waals surface area contributed by atoms with Gasteiger partial charge in [-0.25, -0.2) is 13.2 Å². The fraction of sp³-hybridized carbons (Fsp3) is 0.323. The van der Waals surface area contributed by atoms with Gasteiger partial charge in [0.2, 0.25) is 21.8 Å². The van der Waals surface area contributed by atoms with Crippen LogP contribution in [0.5, 0.6) is 0 Å². The number of carbonyl (C=O) groups excluding carboxylic acids is 2. The Bertz CT molecular complexity index is 1480. The number of amides is 2. The van der Waals surface area contributed by atoms with Crippen molar-refractivity contribution in [1.29, 1.82) is 0 Å². The molecule has 0 saturated carbocycles. The molecular weight excluding hydrogens is 556 g/mol. The lowest BCUT2D eigenvalue weighted by atomic mass is 10.0. The van der Waals surface area contributed by atoms with Crippen molar-refractivity contribution in [2.24, 2.45) is 0 Å². The number of benzene rings is 3. The molecule has 0 radical (unpaired) electrons. The van der Waals surface area contributed by atoms with Crippen LogP contribution in [0.1, 0.15) is 36.8 Å². The van der Waals surface area contributed by atoms with Gasteiger partial charge in [-0.2, -0.15) is 4.31 Å². The van der Waals surface area contributed by atoms with Crippen molar-refractivity contribution in [2.45, 2.75) is 56.0 Å². The van der Waals surface area contributed by atoms with Crippen molar-refractivity contribution in [2.75, 3.05) is 23.7 Å². The van der Waals surface area contributed by atoms with Gasteiger partial charge in [-0.05, 0) is 68.1 Å². The largest absolute Gasteiger partial charge is 0.480 e. The Morgan fingerprint density at radius 3 is 2.29 bits per heavy atom. The van der Waals surface area contributed by atoms with E-state index in [-0.39, 0.29) is 23.8 Å². The number of sulfonamides is 1. The van der Waals surface area contributed by atoms with Crippen molar-refractivity contribution in [3.05, 3.63) is 90.0 Å². The molecule has 2 amide bonds. The molecule has 1 aliphatic rings. The Labute approximate surface area is 246 Å². The van der Waals surface area contributed by atoms with Crippen LogP contribution in [0.4, 0.5) is 11.4 Å². The second-order valence-electron chi connectivity index (χ2n) is 10.3. The summed E-state index contributed by atoms with van der Waals surface area (Å²) in [6, 6.07) is 20.4. The molecule has 1 saturated heterocycles. The lowest BCUT2D eigenvalue weighted by molar-refractivity contribution is -0.142. The molecule has 1 heterocycles. The number of aryl methyl sites for hydroxylation is 1. The van der Waals surface area contributed by atoms with Crippen molar-refractivity contribution in [3.8, 4) is 0 Å². The van der Waals surface area contributed by atoms with Crippen LogP contribution in [0.3, 0.4) is 0 Å². The summed E-state index contributed by atoms with van der Waals surface area (Å²) in [6.07, 6.45) is 1.80. The predicted octanol–water partition coefficient (Wildman–Crippen LogP) is 3.79. The van der Waals surface area contributed by atoms with E-state index in [1.165, 1.54) is 17.7 Å². The molecule has 0 aromatic heterocycles. The average molecular weight is 593 g/mol. The van der Waals surface area contributed by atoms with Gasteiger partial charge < -0.3 is 21.1 Å². The van der Waals surface area contributed by atoms with E-state index in [1.807, 2.05) is 31.2 Å². The Morgan fingerprint density at radius 1 is 0.952 bits per heavy atom. The van der Waals surface area contributed by atoms with Crippen molar-refractivity contribution in [3.63, 3.8) is 0 Å². The van der Waals surface area contributed by atoms with Crippen LogP contribution in [-0.4, -0.2) is 60.8 Å². The third-order valence-electron chi connectivity index (χ3n) is 7.11. The molecule has 11 heteroatoms. The highest BCUT2D eigenvalue weighted by Crippen LogP contribution is 2.26. The minimum atomic E-state index is -3.90. The average Bonchev–Trinajstić information content (AvgIpc) is 3.49. The molecule has 10 nitrogen and oxygen atoms in total. The maximum atomic E-state index is 13.1. The first-order valence-corrected chi connectivity index (χ1v) is 15.4. The minimum absolute atomic E-state index is 0.00185. The summed E-state index contributed by atoms with van der Waals surface area (Å²) in [4.78, 5) is 37.5. The van der Waals surface area contributed by atoms with Crippen LogP contribution in [-0.2, 0) is 30.8 Å². The Hall–Kier alpha value is -4.22. The van der Waals surface area contributed by atoms with Crippen molar-refractivity contribution >= 4 is 39.2 Å². The third-order valence-corrected chi connectivity index (χ3v) is 9.03. The molecule has 3 aromatic rings. The Kier molecular flexibility index (Phi) is 10.3. The maximum absolute atomic E-state index is 13.1. The minimum Gasteiger partial charge on any atom is -0.480 e. The van der Waals surface area contributed by atoms with Gasteiger partial charge in [0.05, 0.1) is 4.90 Å². The van der Waals surface area contributed by atoms with E-state index in [0.717, 1.165) is 9.99 Å². The molecule has 0 bridgehead atoms. The molecule has 0 spiro atoms. The van der Waals surface area contributed by atoms with Crippen LogP contribution in [0.15, 0.2) is 83.8 Å². The number of rotatable bonds is 13. The van der Waals surface area contributed by atoms with Gasteiger partial charge in [0.15, 0.2) is 0 Å². The topological polar surface area (TPSA) is 145 Å². The second-order valence-corrected chi connectivity index (χ2v) is 12.2. The van der Waals surface area contributed by atoms with Crippen molar-refractivity contribution < 1.29 is 27.9 Å². The number of nitrogens with zero attached hydrogens (tertiary/aromatic N) is 1. The van der Waals surface area contributed by atoms with Gasteiger partial charge in [-0.15, -0.1) is 0 Å². The summed E-state index contributed by atoms with van der Waals surface area (Å²) in [6.45, 7) is 2.87. The molecule has 4 N–H and O–H groups in total. The summed E-state index contributed by atoms with van der Waals surface area (Å²) in [5.74, 6) is -1.99. The fourth-order valence-corrected chi connectivity index (χ4v) is 6.50. The van der Waals surface area contributed by atoms with E-state index < -0.39 is 34.0 Å². The van der Waals surface area contributed by atoms with Crippen LogP contribution < -0.4 is 16.0 Å². The number of carboxylic acids is 1. The Morgan fingerprint density at radius 2 is 1.62 bits per heavy atom. The maximum Gasteiger partial charge on any atom is 0.326 e. The van der Waals surface area contributed by atoms with Crippen LogP contribution >= 0.6 is 0 Å². The number of hydrogen-bond acceptors (Lipinski definition) is 6. The van der Waals surface area contributed by atoms with Gasteiger partial charge in [-0.3, -0.25) is 9.59 Å². The molecule has 1 fully saturated rings. The normalized spacial score (nSPS) is 16.0. The molecule has 222 valence electrons. The van der Waals surface area contributed by atoms with E-state index in [4.69, 9.17) is 0 Å². The summed E-state index contributed by atoms with van der Waals surface area (Å²) in [5, 5.41) is 18.4. The third kappa shape index (κ3) is 8.17. The molecule has 42 heavy (non-hydrogen) atoms. The quantitative estimate of drug-likeness (QED) is 0.221. The van der Waals surface area contributed by atoms with Gasteiger partial charge in [-0.1, -0.05) is 48.0 Å². The van der Waals surface area contributed by atoms with E-state index in [9.17, 15) is 27.9 Å². The van der Waals surface area contributed by atoms with Crippen molar-refractivity contribution in [1.82, 2.24) is 9.62 Å². The number of anilines is 2. The zero-order valence-corrected chi connectivity index (χ0v) is 24.3. The van der Waals surface area contributed by atoms with E-state index in [2.05, 4.69) is 16.0 Å². The van der Waals surface area contributed by atoms with Gasteiger partial charge in [0, 0.05) is 37.3 Å². The number of carboxylic acid groups (broad SMARTS) is 1. The van der Waals surface area contributed by atoms with Gasteiger partial charge in [0.1, 0.15) is 12.1 Å². The highest BCUT2D eigenvalue weighted by molar-refractivity contribution is 7.89. The highest BCUT2D eigenvalue weighted by Gasteiger charge is 2.40. The molecule has 2 atom stereocenters. The van der Waals surface area contributed by atoms with E-state index in [1.54, 1.807) is 42.5 Å². The van der Waals surface area contributed by atoms with Crippen LogP contribution in [0.2, 0.25) is 0 Å². The number of hydrogen-bond donors (Lipinski definition) is 4. The van der Waals surface area contributed by atoms with Gasteiger partial charge in [0.25, 0.3) is 0 Å². The number of carbonyl (C=O) groups is 3. The van der Waals surface area contributed by atoms with Gasteiger partial charge >= 0.3 is 5.97 Å². The zero-order chi connectivity index (χ0) is 30.1. The lowest BCUT2D eigenvalue weighted by Gasteiger charge is -2.25. The SMILES string of the molecule is Cc1ccc(NCCCC(=O)Nc2ccc(CC(NC(=O)C3CCCN3S(=O)(=O)c3ccccc3)C(=O)O)cc2)cc1. The summed E-state index contributed by atoms with van der Waals surface area (Å²) < 4.78 is 27.4. The zero-order valence-electron chi connectivity index (χ0n) is 23.5. The first-order chi connectivity index (χ1) is 20.1. The molecular formula is C31H36N4O6S.